The Kier molecular flexibility index (Phi) is 7.94. The van der Waals surface area contributed by atoms with E-state index < -0.39 is 52.7 Å². The molecule has 1 aliphatic rings. The van der Waals surface area contributed by atoms with Crippen molar-refractivity contribution in [3.63, 3.8) is 0 Å². The minimum atomic E-state index is -5.13. The van der Waals surface area contributed by atoms with Crippen molar-refractivity contribution in [3.8, 4) is 0 Å². The molecule has 198 valence electrons. The summed E-state index contributed by atoms with van der Waals surface area (Å²) in [7, 11) is 0. The summed E-state index contributed by atoms with van der Waals surface area (Å²) in [4.78, 5) is 16.1. The molecule has 1 saturated heterocycles. The number of hydrogen-bond donors (Lipinski definition) is 1. The molecule has 1 heterocycles. The number of halogens is 9. The predicted octanol–water partition coefficient (Wildman–Crippen LogP) is 5.10. The van der Waals surface area contributed by atoms with Crippen molar-refractivity contribution in [2.45, 2.75) is 31.0 Å². The van der Waals surface area contributed by atoms with Gasteiger partial charge in [0, 0.05) is 37.8 Å². The van der Waals surface area contributed by atoms with E-state index in [2.05, 4.69) is 0 Å². The summed E-state index contributed by atoms with van der Waals surface area (Å²) in [5.41, 5.74) is -4.56. The van der Waals surface area contributed by atoms with Crippen LogP contribution in [0.5, 0.6) is 0 Å². The third-order valence-electron chi connectivity index (χ3n) is 5.83. The highest BCUT2D eigenvalue weighted by atomic mass is 19.4. The highest BCUT2D eigenvalue weighted by Gasteiger charge is 2.39. The zero-order chi connectivity index (χ0) is 26.9. The average molecular weight is 528 g/mol. The summed E-state index contributed by atoms with van der Waals surface area (Å²) in [5, 5.41) is 9.23. The van der Waals surface area contributed by atoms with E-state index >= 15 is 0 Å². The Bertz CT molecular complexity index is 1030. The summed E-state index contributed by atoms with van der Waals surface area (Å²) in [6, 6.07) is 3.94. The van der Waals surface area contributed by atoms with E-state index in [1.54, 1.807) is 4.90 Å². The molecule has 0 aliphatic carbocycles. The summed E-state index contributed by atoms with van der Waals surface area (Å²) < 4.78 is 118. The summed E-state index contributed by atoms with van der Waals surface area (Å²) in [6.07, 6.45) is -14.8. The molecule has 2 aromatic rings. The van der Waals surface area contributed by atoms with Gasteiger partial charge in [-0.3, -0.25) is 9.69 Å². The van der Waals surface area contributed by atoms with Gasteiger partial charge in [0.2, 0.25) is 0 Å². The van der Waals surface area contributed by atoms with E-state index in [-0.39, 0.29) is 45.3 Å². The van der Waals surface area contributed by atoms with Gasteiger partial charge < -0.3 is 10.0 Å². The van der Waals surface area contributed by atoms with Gasteiger partial charge in [-0.05, 0) is 42.3 Å². The molecular weight excluding hydrogens is 507 g/mol. The number of alkyl halides is 9. The molecule has 1 aliphatic heterocycles. The first-order chi connectivity index (χ1) is 16.6. The van der Waals surface area contributed by atoms with Crippen LogP contribution in [0.2, 0.25) is 0 Å². The van der Waals surface area contributed by atoms with E-state index in [0.717, 1.165) is 17.0 Å². The van der Waals surface area contributed by atoms with Gasteiger partial charge >= 0.3 is 18.5 Å². The Morgan fingerprint density at radius 3 is 1.81 bits per heavy atom. The summed E-state index contributed by atoms with van der Waals surface area (Å²) >= 11 is 0. The maximum absolute atomic E-state index is 13.3. The van der Waals surface area contributed by atoms with E-state index in [4.69, 9.17) is 0 Å². The molecule has 1 N–H and O–H groups in total. The van der Waals surface area contributed by atoms with Crippen LogP contribution in [0.15, 0.2) is 42.5 Å². The highest BCUT2D eigenvalue weighted by Crippen LogP contribution is 2.37. The second-order valence-corrected chi connectivity index (χ2v) is 8.37. The van der Waals surface area contributed by atoms with E-state index in [1.165, 1.54) is 12.1 Å². The monoisotopic (exact) mass is 528 g/mol. The van der Waals surface area contributed by atoms with Crippen LogP contribution in [0, 0.1) is 0 Å². The second kappa shape index (κ2) is 10.3. The third-order valence-corrected chi connectivity index (χ3v) is 5.83. The number of nitrogens with zero attached hydrogens (tertiary/aromatic N) is 2. The second-order valence-electron chi connectivity index (χ2n) is 8.37. The lowest BCUT2D eigenvalue weighted by molar-refractivity contribution is -0.143. The van der Waals surface area contributed by atoms with Crippen LogP contribution in [-0.2, 0) is 24.9 Å². The van der Waals surface area contributed by atoms with Crippen LogP contribution < -0.4 is 0 Å². The van der Waals surface area contributed by atoms with Crippen LogP contribution >= 0.6 is 0 Å². The quantitative estimate of drug-likeness (QED) is 0.550. The van der Waals surface area contributed by atoms with Gasteiger partial charge in [-0.2, -0.15) is 39.5 Å². The number of aliphatic hydroxyl groups excluding tert-OH is 1. The molecule has 1 atom stereocenters. The number of aliphatic hydroxyl groups is 1. The predicted molar refractivity (Wildman–Crippen MR) is 110 cm³/mol. The van der Waals surface area contributed by atoms with Crippen LogP contribution in [-0.4, -0.2) is 59.6 Å². The topological polar surface area (TPSA) is 43.8 Å². The number of β-amino-alcohol motifs (C(OH)–C–C–N with tert-alkyl or cyclic N) is 1. The molecule has 4 nitrogen and oxygen atoms in total. The van der Waals surface area contributed by atoms with Gasteiger partial charge in [0.15, 0.2) is 0 Å². The van der Waals surface area contributed by atoms with Gasteiger partial charge in [-0.1, -0.05) is 12.1 Å². The molecule has 0 bridgehead atoms. The summed E-state index contributed by atoms with van der Waals surface area (Å²) in [5.74, 6) is -1.06. The maximum Gasteiger partial charge on any atom is 0.416 e. The van der Waals surface area contributed by atoms with Gasteiger partial charge in [-0.15, -0.1) is 0 Å². The van der Waals surface area contributed by atoms with Crippen molar-refractivity contribution in [1.29, 1.82) is 0 Å². The lowest BCUT2D eigenvalue weighted by Crippen LogP contribution is -2.56. The van der Waals surface area contributed by atoms with E-state index in [0.29, 0.717) is 17.7 Å². The zero-order valence-corrected chi connectivity index (χ0v) is 18.5. The van der Waals surface area contributed by atoms with Crippen LogP contribution in [0.3, 0.4) is 0 Å². The Balaban J connectivity index is 1.95. The molecule has 0 spiro atoms. The molecule has 0 saturated carbocycles. The number of hydrogen-bond acceptors (Lipinski definition) is 3. The Morgan fingerprint density at radius 2 is 1.33 bits per heavy atom. The van der Waals surface area contributed by atoms with Gasteiger partial charge in [-0.25, -0.2) is 0 Å². The fraction of sp³-hybridized carbons (Fsp3) is 0.435. The number of benzene rings is 2. The Hall–Kier alpha value is -2.80. The van der Waals surface area contributed by atoms with E-state index in [1.807, 2.05) is 0 Å². The lowest BCUT2D eigenvalue weighted by Gasteiger charge is -2.41. The first-order valence-electron chi connectivity index (χ1n) is 10.7. The minimum absolute atomic E-state index is 0.00308. The molecule has 2 aromatic carbocycles. The van der Waals surface area contributed by atoms with Crippen molar-refractivity contribution in [3.05, 3.63) is 70.3 Å². The van der Waals surface area contributed by atoms with Crippen molar-refractivity contribution in [2.24, 2.45) is 0 Å². The van der Waals surface area contributed by atoms with Crippen LogP contribution in [0.4, 0.5) is 39.5 Å². The van der Waals surface area contributed by atoms with Crippen molar-refractivity contribution < 1.29 is 49.4 Å². The fourth-order valence-electron chi connectivity index (χ4n) is 4.05. The molecule has 1 fully saturated rings. The van der Waals surface area contributed by atoms with E-state index in [9.17, 15) is 49.4 Å². The molecule has 1 amide bonds. The number of rotatable bonds is 5. The van der Waals surface area contributed by atoms with Gasteiger partial charge in [0.1, 0.15) is 0 Å². The Morgan fingerprint density at radius 1 is 0.806 bits per heavy atom. The van der Waals surface area contributed by atoms with Crippen LogP contribution in [0.1, 0.15) is 32.6 Å². The number of amides is 1. The lowest BCUT2D eigenvalue weighted by atomic mass is 9.98. The maximum atomic E-state index is 13.3. The molecule has 0 aromatic heterocycles. The van der Waals surface area contributed by atoms with Gasteiger partial charge in [0.25, 0.3) is 5.91 Å². The highest BCUT2D eigenvalue weighted by molar-refractivity contribution is 5.95. The van der Waals surface area contributed by atoms with Gasteiger partial charge in [0.05, 0.1) is 23.3 Å². The minimum Gasteiger partial charge on any atom is -0.395 e. The smallest absolute Gasteiger partial charge is 0.395 e. The normalized spacial score (nSPS) is 17.9. The Labute approximate surface area is 199 Å². The zero-order valence-electron chi connectivity index (χ0n) is 18.5. The first kappa shape index (κ1) is 27.8. The van der Waals surface area contributed by atoms with Crippen molar-refractivity contribution >= 4 is 5.91 Å². The average Bonchev–Trinajstić information content (AvgIpc) is 2.77. The molecule has 0 radical (unpaired) electrons. The number of piperazine rings is 1. The number of carbonyl (C=O) groups is 1. The SMILES string of the molecule is O=C(c1cc(C(F)(F)F)cc(C(F)(F)F)c1)N1CCN(CCO)C[C@H]1Cc1ccc(C(F)(F)F)cc1. The van der Waals surface area contributed by atoms with Crippen molar-refractivity contribution in [1.82, 2.24) is 9.80 Å². The third kappa shape index (κ3) is 6.69. The summed E-state index contributed by atoms with van der Waals surface area (Å²) in [6.45, 7) is 0.206. The van der Waals surface area contributed by atoms with Crippen LogP contribution in [0.25, 0.3) is 0 Å². The number of carbonyl (C=O) groups excluding carboxylic acids is 1. The van der Waals surface area contributed by atoms with Crippen molar-refractivity contribution in [2.75, 3.05) is 32.8 Å². The molecule has 13 heteroatoms. The largest absolute Gasteiger partial charge is 0.416 e. The molecule has 0 unspecified atom stereocenters. The standard InChI is InChI=1S/C23H21F9N2O2/c24-21(25,26)16-3-1-14(2-4-16)9-19-13-33(7-8-35)5-6-34(19)20(36)15-10-17(22(27,28)29)12-18(11-15)23(30,31)32/h1-4,10-12,19,35H,5-9,13H2/t19-/m1/s1. The molecule has 3 rings (SSSR count). The molecular formula is C23H21F9N2O2. The molecule has 36 heavy (non-hydrogen) atoms. The first-order valence-corrected chi connectivity index (χ1v) is 10.7. The fourth-order valence-corrected chi connectivity index (χ4v) is 4.05.